The molecule has 36 heteroatoms. The van der Waals surface area contributed by atoms with Crippen LogP contribution in [-0.4, -0.2) is 124 Å². The molecule has 0 aliphatic heterocycles. The van der Waals surface area contributed by atoms with Crippen molar-refractivity contribution < 1.29 is 142 Å². The SMILES string of the molecule is O=P(CC(F)(F)F)(CC(F)(F)F)OCC(OP(=O)(CC(F)(F)F)CC(F)(F)F)C(COP(=O)(CC(F)(F)F)CC(F)(F)F)OP(=O)(CC(F)(F)F)CC(F)(F)F. The lowest BCUT2D eigenvalue weighted by molar-refractivity contribution is -0.124. The van der Waals surface area contributed by atoms with Gasteiger partial charge in [0.25, 0.3) is 0 Å². The van der Waals surface area contributed by atoms with Gasteiger partial charge >= 0.3 is 49.4 Å². The summed E-state index contributed by atoms with van der Waals surface area (Å²) in [5.41, 5.74) is 0. The topological polar surface area (TPSA) is 105 Å². The van der Waals surface area contributed by atoms with E-state index in [0.717, 1.165) is 0 Å². The summed E-state index contributed by atoms with van der Waals surface area (Å²) in [6.45, 7) is -5.89. The summed E-state index contributed by atoms with van der Waals surface area (Å²) in [5.74, 6) is 0. The van der Waals surface area contributed by atoms with Gasteiger partial charge in [0.15, 0.2) is 0 Å². The molecule has 0 bridgehead atoms. The zero-order chi connectivity index (χ0) is 45.1. The Morgan fingerprint density at radius 3 is 0.571 bits per heavy atom. The van der Waals surface area contributed by atoms with Gasteiger partial charge < -0.3 is 18.1 Å². The van der Waals surface area contributed by atoms with Gasteiger partial charge in [0.05, 0.1) is 13.2 Å². The van der Waals surface area contributed by atoms with Crippen LogP contribution in [0.2, 0.25) is 0 Å². The van der Waals surface area contributed by atoms with Gasteiger partial charge in [0.2, 0.25) is 29.5 Å². The Labute approximate surface area is 296 Å². The molecule has 0 aliphatic rings. The minimum atomic E-state index is -6.98. The Bertz CT molecular complexity index is 1270. The molecular formula is C20H22F24O8P4. The Morgan fingerprint density at radius 2 is 0.429 bits per heavy atom. The monoisotopic (exact) mass is 970 g/mol. The van der Waals surface area contributed by atoms with Crippen LogP contribution in [0.1, 0.15) is 0 Å². The zero-order valence-electron chi connectivity index (χ0n) is 26.4. The molecule has 0 radical (unpaired) electrons. The average Bonchev–Trinajstić information content (AvgIpc) is 2.74. The first-order valence-electron chi connectivity index (χ1n) is 13.6. The van der Waals surface area contributed by atoms with Crippen molar-refractivity contribution in [3.63, 3.8) is 0 Å². The highest BCUT2D eigenvalue weighted by molar-refractivity contribution is 7.60. The fraction of sp³-hybridized carbons (Fsp3) is 1.00. The summed E-state index contributed by atoms with van der Waals surface area (Å²) in [6.07, 6.45) is -84.2. The molecule has 0 spiro atoms. The number of hydrogen-bond acceptors (Lipinski definition) is 8. The second-order valence-electron chi connectivity index (χ2n) is 11.3. The Morgan fingerprint density at radius 1 is 0.286 bits per heavy atom. The van der Waals surface area contributed by atoms with E-state index in [9.17, 15) is 124 Å². The number of hydrogen-bond donors (Lipinski definition) is 0. The molecule has 0 aromatic rings. The van der Waals surface area contributed by atoms with Crippen LogP contribution in [0.15, 0.2) is 0 Å². The third-order valence-corrected chi connectivity index (χ3v) is 14.7. The van der Waals surface area contributed by atoms with Crippen molar-refractivity contribution in [2.75, 3.05) is 62.5 Å². The van der Waals surface area contributed by atoms with Crippen LogP contribution >= 0.6 is 29.5 Å². The predicted octanol–water partition coefficient (Wildman–Crippen LogP) is 11.4. The molecule has 0 aromatic heterocycles. The molecule has 2 atom stereocenters. The predicted molar refractivity (Wildman–Crippen MR) is 139 cm³/mol. The van der Waals surface area contributed by atoms with Gasteiger partial charge in [-0.3, -0.25) is 18.3 Å². The van der Waals surface area contributed by atoms with Crippen LogP contribution in [-0.2, 0) is 36.4 Å². The van der Waals surface area contributed by atoms with Gasteiger partial charge in [0.1, 0.15) is 61.5 Å². The van der Waals surface area contributed by atoms with Gasteiger partial charge in [0, 0.05) is 0 Å². The maximum Gasteiger partial charge on any atom is 0.398 e. The standard InChI is InChI=1S/C20H22F24O8P4/c21-13(22,23)3-53(45,4-14(24,25)26)49-1-11(51-55(47,7-17(33,34)35)8-18(36,37)38)12(52-56(48,9-19(39,40)41)10-20(42,43)44)2-50-54(46,5-15(27,28)29)6-16(30,31)32/h11-12H,1-10H2. The largest absolute Gasteiger partial charge is 0.398 e. The van der Waals surface area contributed by atoms with E-state index in [-0.39, 0.29) is 0 Å². The summed E-state index contributed by atoms with van der Waals surface area (Å²) < 4.78 is 382. The fourth-order valence-corrected chi connectivity index (χ4v) is 11.8. The van der Waals surface area contributed by atoms with Crippen LogP contribution in [0.25, 0.3) is 0 Å². The van der Waals surface area contributed by atoms with Crippen molar-refractivity contribution in [1.29, 1.82) is 0 Å². The van der Waals surface area contributed by atoms with E-state index in [1.807, 2.05) is 0 Å². The van der Waals surface area contributed by atoms with E-state index in [4.69, 9.17) is 0 Å². The quantitative estimate of drug-likeness (QED) is 0.0931. The molecule has 8 nitrogen and oxygen atoms in total. The molecule has 0 rings (SSSR count). The molecule has 56 heavy (non-hydrogen) atoms. The smallest absolute Gasteiger partial charge is 0.325 e. The second-order valence-corrected chi connectivity index (χ2v) is 21.3. The first-order valence-corrected chi connectivity index (χ1v) is 21.5. The third kappa shape index (κ3) is 27.0. The van der Waals surface area contributed by atoms with E-state index in [1.54, 1.807) is 0 Å². The minimum absolute atomic E-state index is 2.95. The third-order valence-electron chi connectivity index (χ3n) is 5.38. The van der Waals surface area contributed by atoms with Crippen molar-refractivity contribution in [3.8, 4) is 0 Å². The lowest BCUT2D eigenvalue weighted by Crippen LogP contribution is -2.41. The van der Waals surface area contributed by atoms with Gasteiger partial charge in [-0.2, -0.15) is 105 Å². The molecule has 338 valence electrons. The molecule has 0 heterocycles. The van der Waals surface area contributed by atoms with E-state index in [1.165, 1.54) is 0 Å². The lowest BCUT2D eigenvalue weighted by atomic mass is 10.2. The highest BCUT2D eigenvalue weighted by Gasteiger charge is 2.55. The van der Waals surface area contributed by atoms with E-state index in [2.05, 4.69) is 18.1 Å². The maximum atomic E-state index is 13.2. The van der Waals surface area contributed by atoms with Crippen LogP contribution in [0.3, 0.4) is 0 Å². The van der Waals surface area contributed by atoms with Crippen LogP contribution in [0, 0.1) is 0 Å². The van der Waals surface area contributed by atoms with Crippen molar-refractivity contribution >= 4 is 29.5 Å². The minimum Gasteiger partial charge on any atom is -0.325 e. The molecule has 0 aromatic carbocycles. The molecule has 0 amide bonds. The van der Waals surface area contributed by atoms with Crippen molar-refractivity contribution in [3.05, 3.63) is 0 Å². The summed E-state index contributed by atoms with van der Waals surface area (Å²) in [7, 11) is -27.3. The van der Waals surface area contributed by atoms with Gasteiger partial charge in [-0.05, 0) is 0 Å². The zero-order valence-corrected chi connectivity index (χ0v) is 29.9. The Hall–Kier alpha value is -0.920. The van der Waals surface area contributed by atoms with Gasteiger partial charge in [-0.1, -0.05) is 0 Å². The fourth-order valence-electron chi connectivity index (χ4n) is 4.06. The number of halogens is 24. The summed E-state index contributed by atoms with van der Waals surface area (Å²) in [6, 6.07) is 0. The molecule has 0 aliphatic carbocycles. The first kappa shape index (κ1) is 55.1. The van der Waals surface area contributed by atoms with E-state index in [0.29, 0.717) is 0 Å². The molecule has 0 N–H and O–H groups in total. The van der Waals surface area contributed by atoms with Gasteiger partial charge in [-0.15, -0.1) is 0 Å². The normalized spacial score (nSPS) is 16.6. The highest BCUT2D eigenvalue weighted by atomic mass is 31.2. The van der Waals surface area contributed by atoms with Crippen LogP contribution in [0.4, 0.5) is 105 Å². The molecule has 2 unspecified atom stereocenters. The summed E-state index contributed by atoms with van der Waals surface area (Å²) >= 11 is 0. The first-order chi connectivity index (χ1) is 24.0. The average molecular weight is 970 g/mol. The van der Waals surface area contributed by atoms with Crippen molar-refractivity contribution in [1.82, 2.24) is 0 Å². The van der Waals surface area contributed by atoms with Crippen LogP contribution < -0.4 is 0 Å². The Balaban J connectivity index is 8.04. The van der Waals surface area contributed by atoms with Gasteiger partial charge in [-0.25, -0.2) is 0 Å². The second kappa shape index (κ2) is 18.4. The van der Waals surface area contributed by atoms with Crippen molar-refractivity contribution in [2.45, 2.75) is 61.6 Å². The molecule has 0 fully saturated rings. The maximum absolute atomic E-state index is 13.2. The summed E-state index contributed by atoms with van der Waals surface area (Å²) in [4.78, 5) is 0. The Kier molecular flexibility index (Phi) is 18.1. The van der Waals surface area contributed by atoms with E-state index < -0.39 is 154 Å². The summed E-state index contributed by atoms with van der Waals surface area (Å²) in [5, 5.41) is 0. The number of rotatable bonds is 19. The molecular weight excluding hydrogens is 948 g/mol. The highest BCUT2D eigenvalue weighted by Crippen LogP contribution is 2.61. The van der Waals surface area contributed by atoms with Crippen LogP contribution in [0.5, 0.6) is 0 Å². The molecule has 0 saturated carbocycles. The van der Waals surface area contributed by atoms with Crippen molar-refractivity contribution in [2.24, 2.45) is 0 Å². The molecule has 0 saturated heterocycles. The number of alkyl halides is 24. The lowest BCUT2D eigenvalue weighted by Gasteiger charge is -2.35. The van der Waals surface area contributed by atoms with E-state index >= 15 is 0 Å².